The minimum absolute atomic E-state index is 0.244. The zero-order chi connectivity index (χ0) is 14.6. The Labute approximate surface area is 122 Å². The molecule has 1 aromatic carbocycles. The summed E-state index contributed by atoms with van der Waals surface area (Å²) in [6.45, 7) is 4.02. The summed E-state index contributed by atoms with van der Waals surface area (Å²) in [6, 6.07) is 7.85. The molecule has 2 rings (SSSR count). The number of fused-ring (bicyclic) bond motifs is 1. The lowest BCUT2D eigenvalue weighted by atomic mass is 10.1. The number of nitrogens with one attached hydrogen (secondary N) is 2. The molecule has 20 heavy (non-hydrogen) atoms. The summed E-state index contributed by atoms with van der Waals surface area (Å²) in [7, 11) is 1.76. The van der Waals surface area contributed by atoms with Gasteiger partial charge in [0.05, 0.1) is 17.6 Å². The third kappa shape index (κ3) is 3.13. The molecule has 5 nitrogen and oxygen atoms in total. The standard InChI is InChI=1S/C14H19N3O2S/c1-4-19-12(18)14(2,15-3)9-20-13-16-10-7-5-6-8-11(10)17-13/h5-8,15H,4,9H2,1-3H3,(H,16,17). The number of hydrogen-bond acceptors (Lipinski definition) is 5. The minimum atomic E-state index is -0.723. The molecule has 0 radical (unpaired) electrons. The molecule has 0 fully saturated rings. The maximum absolute atomic E-state index is 12.0. The zero-order valence-electron chi connectivity index (χ0n) is 11.9. The molecular formula is C14H19N3O2S. The van der Waals surface area contributed by atoms with E-state index in [1.165, 1.54) is 11.8 Å². The number of hydrogen-bond donors (Lipinski definition) is 2. The number of aromatic amines is 1. The predicted octanol–water partition coefficient (Wildman–Crippen LogP) is 2.20. The van der Waals surface area contributed by atoms with Crippen LogP contribution in [0.15, 0.2) is 29.4 Å². The smallest absolute Gasteiger partial charge is 0.326 e. The average Bonchev–Trinajstić information content (AvgIpc) is 2.88. The molecule has 0 saturated carbocycles. The Balaban J connectivity index is 2.07. The first-order chi connectivity index (χ1) is 9.59. The van der Waals surface area contributed by atoms with Gasteiger partial charge in [-0.05, 0) is 33.0 Å². The molecule has 1 atom stereocenters. The molecule has 2 aromatic rings. The summed E-state index contributed by atoms with van der Waals surface area (Å²) in [5.41, 5.74) is 1.20. The van der Waals surface area contributed by atoms with Crippen molar-refractivity contribution >= 4 is 28.8 Å². The maximum Gasteiger partial charge on any atom is 0.326 e. The first kappa shape index (κ1) is 14.9. The number of para-hydroxylation sites is 2. The van der Waals surface area contributed by atoms with E-state index in [4.69, 9.17) is 4.74 Å². The van der Waals surface area contributed by atoms with Gasteiger partial charge < -0.3 is 15.0 Å². The van der Waals surface area contributed by atoms with Gasteiger partial charge in [-0.25, -0.2) is 4.98 Å². The van der Waals surface area contributed by atoms with Crippen LogP contribution in [0.2, 0.25) is 0 Å². The number of likely N-dealkylation sites (N-methyl/N-ethyl adjacent to an activating group) is 1. The van der Waals surface area contributed by atoms with Gasteiger partial charge in [0.25, 0.3) is 0 Å². The number of thioether (sulfide) groups is 1. The summed E-state index contributed by atoms with van der Waals surface area (Å²) in [6.07, 6.45) is 0. The lowest BCUT2D eigenvalue weighted by molar-refractivity contribution is -0.149. The molecule has 2 N–H and O–H groups in total. The Morgan fingerprint density at radius 1 is 1.50 bits per heavy atom. The van der Waals surface area contributed by atoms with Crippen LogP contribution in [0.1, 0.15) is 13.8 Å². The molecule has 6 heteroatoms. The van der Waals surface area contributed by atoms with E-state index in [-0.39, 0.29) is 5.97 Å². The fourth-order valence-corrected chi connectivity index (χ4v) is 2.77. The van der Waals surface area contributed by atoms with E-state index in [0.29, 0.717) is 12.4 Å². The zero-order valence-corrected chi connectivity index (χ0v) is 12.7. The van der Waals surface area contributed by atoms with Gasteiger partial charge in [0.2, 0.25) is 0 Å². The van der Waals surface area contributed by atoms with Crippen molar-refractivity contribution in [2.45, 2.75) is 24.5 Å². The average molecular weight is 293 g/mol. The molecule has 0 amide bonds. The highest BCUT2D eigenvalue weighted by Crippen LogP contribution is 2.23. The molecular weight excluding hydrogens is 274 g/mol. The van der Waals surface area contributed by atoms with Gasteiger partial charge in [-0.15, -0.1) is 0 Å². The van der Waals surface area contributed by atoms with Crippen molar-refractivity contribution in [2.75, 3.05) is 19.4 Å². The molecule has 0 aliphatic heterocycles. The molecule has 0 aliphatic rings. The van der Waals surface area contributed by atoms with E-state index in [1.54, 1.807) is 14.0 Å². The molecule has 1 unspecified atom stereocenters. The predicted molar refractivity (Wildman–Crippen MR) is 80.9 cm³/mol. The number of rotatable bonds is 6. The number of benzene rings is 1. The molecule has 1 aromatic heterocycles. The summed E-state index contributed by atoms with van der Waals surface area (Å²) in [4.78, 5) is 19.7. The largest absolute Gasteiger partial charge is 0.465 e. The number of nitrogens with zero attached hydrogens (tertiary/aromatic N) is 1. The van der Waals surface area contributed by atoms with E-state index in [1.807, 2.05) is 31.2 Å². The molecule has 0 aliphatic carbocycles. The van der Waals surface area contributed by atoms with E-state index in [0.717, 1.165) is 16.2 Å². The Kier molecular flexibility index (Phi) is 4.67. The molecule has 0 bridgehead atoms. The summed E-state index contributed by atoms with van der Waals surface area (Å²) in [5.74, 6) is 0.299. The second-order valence-corrected chi connectivity index (χ2v) is 5.61. The maximum atomic E-state index is 12.0. The van der Waals surface area contributed by atoms with E-state index in [9.17, 15) is 4.79 Å². The van der Waals surface area contributed by atoms with Crippen LogP contribution in [-0.4, -0.2) is 40.9 Å². The topological polar surface area (TPSA) is 67.0 Å². The van der Waals surface area contributed by atoms with Crippen LogP contribution < -0.4 is 5.32 Å². The normalized spacial score (nSPS) is 14.2. The summed E-state index contributed by atoms with van der Waals surface area (Å²) < 4.78 is 5.10. The van der Waals surface area contributed by atoms with Gasteiger partial charge in [0.15, 0.2) is 5.16 Å². The second-order valence-electron chi connectivity index (χ2n) is 4.65. The number of carbonyl (C=O) groups excluding carboxylic acids is 1. The van der Waals surface area contributed by atoms with Gasteiger partial charge in [-0.3, -0.25) is 4.79 Å². The Morgan fingerprint density at radius 2 is 2.25 bits per heavy atom. The van der Waals surface area contributed by atoms with Crippen LogP contribution in [0.4, 0.5) is 0 Å². The third-order valence-electron chi connectivity index (χ3n) is 3.14. The fourth-order valence-electron chi connectivity index (χ4n) is 1.73. The Hall–Kier alpha value is -1.53. The number of aromatic nitrogens is 2. The second kappa shape index (κ2) is 6.28. The minimum Gasteiger partial charge on any atom is -0.465 e. The quantitative estimate of drug-likeness (QED) is 0.631. The lowest BCUT2D eigenvalue weighted by Crippen LogP contribution is -2.50. The SMILES string of the molecule is CCOC(=O)C(C)(CSc1nc2ccccc2[nH]1)NC. The van der Waals surface area contributed by atoms with Crippen molar-refractivity contribution in [2.24, 2.45) is 0 Å². The third-order valence-corrected chi connectivity index (χ3v) is 4.33. The van der Waals surface area contributed by atoms with Gasteiger partial charge in [0.1, 0.15) is 5.54 Å². The molecule has 108 valence electrons. The van der Waals surface area contributed by atoms with Gasteiger partial charge >= 0.3 is 5.97 Å². The lowest BCUT2D eigenvalue weighted by Gasteiger charge is -2.25. The summed E-state index contributed by atoms with van der Waals surface area (Å²) >= 11 is 1.50. The highest BCUT2D eigenvalue weighted by molar-refractivity contribution is 7.99. The Bertz CT molecular complexity index is 566. The van der Waals surface area contributed by atoms with Gasteiger partial charge in [-0.2, -0.15) is 0 Å². The van der Waals surface area contributed by atoms with Crippen LogP contribution >= 0.6 is 11.8 Å². The van der Waals surface area contributed by atoms with Crippen molar-refractivity contribution in [1.29, 1.82) is 0 Å². The first-order valence-electron chi connectivity index (χ1n) is 6.52. The number of ether oxygens (including phenoxy) is 1. The summed E-state index contributed by atoms with van der Waals surface area (Å²) in [5, 5.41) is 3.83. The number of imidazole rings is 1. The number of carbonyl (C=O) groups is 1. The van der Waals surface area contributed by atoms with Crippen molar-refractivity contribution in [1.82, 2.24) is 15.3 Å². The highest BCUT2D eigenvalue weighted by atomic mass is 32.2. The first-order valence-corrected chi connectivity index (χ1v) is 7.51. The monoisotopic (exact) mass is 293 g/mol. The van der Waals surface area contributed by atoms with E-state index >= 15 is 0 Å². The Morgan fingerprint density at radius 3 is 2.90 bits per heavy atom. The van der Waals surface area contributed by atoms with Crippen molar-refractivity contribution in [3.8, 4) is 0 Å². The van der Waals surface area contributed by atoms with Crippen LogP contribution in [0.5, 0.6) is 0 Å². The molecule has 1 heterocycles. The number of H-pyrrole nitrogens is 1. The molecule has 0 saturated heterocycles. The van der Waals surface area contributed by atoms with Gasteiger partial charge in [0, 0.05) is 5.75 Å². The van der Waals surface area contributed by atoms with Crippen molar-refractivity contribution in [3.63, 3.8) is 0 Å². The van der Waals surface area contributed by atoms with E-state index in [2.05, 4.69) is 15.3 Å². The van der Waals surface area contributed by atoms with Crippen molar-refractivity contribution < 1.29 is 9.53 Å². The van der Waals surface area contributed by atoms with E-state index < -0.39 is 5.54 Å². The number of esters is 1. The van der Waals surface area contributed by atoms with Crippen LogP contribution in [0, 0.1) is 0 Å². The van der Waals surface area contributed by atoms with Crippen LogP contribution in [-0.2, 0) is 9.53 Å². The van der Waals surface area contributed by atoms with Crippen molar-refractivity contribution in [3.05, 3.63) is 24.3 Å². The van der Waals surface area contributed by atoms with Gasteiger partial charge in [-0.1, -0.05) is 23.9 Å². The van der Waals surface area contributed by atoms with Crippen LogP contribution in [0.25, 0.3) is 11.0 Å². The highest BCUT2D eigenvalue weighted by Gasteiger charge is 2.33. The van der Waals surface area contributed by atoms with Crippen LogP contribution in [0.3, 0.4) is 0 Å². The fraction of sp³-hybridized carbons (Fsp3) is 0.429. The molecule has 0 spiro atoms.